The first-order chi connectivity index (χ1) is 10.1. The fourth-order valence-electron chi connectivity index (χ4n) is 3.30. The molecule has 6 heteroatoms. The van der Waals surface area contributed by atoms with E-state index in [0.717, 1.165) is 19.3 Å². The van der Waals surface area contributed by atoms with E-state index in [9.17, 15) is 9.18 Å². The summed E-state index contributed by atoms with van der Waals surface area (Å²) in [4.78, 5) is 20.3. The molecule has 1 aromatic heterocycles. The van der Waals surface area contributed by atoms with Gasteiger partial charge in [0, 0.05) is 32.2 Å². The van der Waals surface area contributed by atoms with Gasteiger partial charge in [-0.05, 0) is 18.9 Å². The molecule has 1 saturated heterocycles. The predicted molar refractivity (Wildman–Crippen MR) is 78.9 cm³/mol. The van der Waals surface area contributed by atoms with Gasteiger partial charge < -0.3 is 4.90 Å². The second kappa shape index (κ2) is 6.28. The average Bonchev–Trinajstić information content (AvgIpc) is 3.03. The minimum absolute atomic E-state index is 0.0691. The van der Waals surface area contributed by atoms with Crippen molar-refractivity contribution in [2.75, 3.05) is 26.2 Å². The van der Waals surface area contributed by atoms with Gasteiger partial charge in [-0.25, -0.2) is 9.37 Å². The van der Waals surface area contributed by atoms with Crippen molar-refractivity contribution in [2.24, 2.45) is 0 Å². The Labute approximate surface area is 128 Å². The molecule has 0 spiro atoms. The Bertz CT molecular complexity index is 526. The number of carbonyl (C=O) groups excluding carboxylic acids is 1. The fraction of sp³-hybridized carbons (Fsp3) is 0.600. The molecule has 1 aliphatic heterocycles. The predicted octanol–water partition coefficient (Wildman–Crippen LogP) is 2.57. The van der Waals surface area contributed by atoms with Crippen LogP contribution in [-0.2, 0) is 0 Å². The number of aromatic nitrogens is 1. The van der Waals surface area contributed by atoms with E-state index in [2.05, 4.69) is 9.88 Å². The zero-order valence-corrected chi connectivity index (χ0v) is 12.7. The van der Waals surface area contributed by atoms with Crippen LogP contribution in [0.1, 0.15) is 36.0 Å². The molecule has 0 atom stereocenters. The summed E-state index contributed by atoms with van der Waals surface area (Å²) in [5.41, 5.74) is 0.158. The average molecular weight is 312 g/mol. The molecule has 0 radical (unpaired) electrons. The maximum absolute atomic E-state index is 13.2. The molecule has 3 rings (SSSR count). The minimum atomic E-state index is -0.535. The lowest BCUT2D eigenvalue weighted by atomic mass is 10.1. The molecular formula is C15H19ClFN3O. The van der Waals surface area contributed by atoms with E-state index in [1.54, 1.807) is 4.90 Å². The van der Waals surface area contributed by atoms with Crippen LogP contribution >= 0.6 is 11.6 Å². The topological polar surface area (TPSA) is 36.4 Å². The van der Waals surface area contributed by atoms with Crippen molar-refractivity contribution in [1.82, 2.24) is 14.8 Å². The Hall–Kier alpha value is -1.20. The van der Waals surface area contributed by atoms with Gasteiger partial charge in [-0.3, -0.25) is 9.69 Å². The summed E-state index contributed by atoms with van der Waals surface area (Å²) in [6.07, 6.45) is 6.20. The van der Waals surface area contributed by atoms with Crippen LogP contribution in [0, 0.1) is 5.82 Å². The SMILES string of the molecule is O=C(c1cc(F)cnc1Cl)N1CCN(C2CCCC2)CC1. The highest BCUT2D eigenvalue weighted by atomic mass is 35.5. The van der Waals surface area contributed by atoms with Gasteiger partial charge >= 0.3 is 0 Å². The van der Waals surface area contributed by atoms with Gasteiger partial charge in [0.2, 0.25) is 0 Å². The molecule has 1 aliphatic carbocycles. The standard InChI is InChI=1S/C15H19ClFN3O/c16-14-13(9-11(17)10-18-14)15(21)20-7-5-19(6-8-20)12-3-1-2-4-12/h9-10,12H,1-8H2. The molecule has 0 bridgehead atoms. The van der Waals surface area contributed by atoms with Crippen molar-refractivity contribution in [2.45, 2.75) is 31.7 Å². The first-order valence-corrected chi connectivity index (χ1v) is 7.87. The summed E-state index contributed by atoms with van der Waals surface area (Å²) in [5, 5.41) is 0.0691. The van der Waals surface area contributed by atoms with Crippen LogP contribution in [0.5, 0.6) is 0 Å². The number of hydrogen-bond donors (Lipinski definition) is 0. The first kappa shape index (κ1) is 14.7. The number of nitrogens with zero attached hydrogens (tertiary/aromatic N) is 3. The van der Waals surface area contributed by atoms with Crippen LogP contribution < -0.4 is 0 Å². The molecule has 2 aliphatic rings. The molecule has 2 heterocycles. The Balaban J connectivity index is 1.63. The second-order valence-corrected chi connectivity index (χ2v) is 6.12. The number of pyridine rings is 1. The molecule has 114 valence electrons. The third kappa shape index (κ3) is 3.19. The number of carbonyl (C=O) groups is 1. The molecule has 0 aromatic carbocycles. The van der Waals surface area contributed by atoms with Crippen molar-refractivity contribution in [1.29, 1.82) is 0 Å². The molecule has 0 N–H and O–H groups in total. The van der Waals surface area contributed by atoms with E-state index >= 15 is 0 Å². The van der Waals surface area contributed by atoms with Crippen LogP contribution in [-0.4, -0.2) is 52.9 Å². The van der Waals surface area contributed by atoms with Crippen LogP contribution in [0.4, 0.5) is 4.39 Å². The van der Waals surface area contributed by atoms with Crippen LogP contribution in [0.2, 0.25) is 5.15 Å². The molecule has 1 aromatic rings. The summed E-state index contributed by atoms with van der Waals surface area (Å²) in [5.74, 6) is -0.759. The highest BCUT2D eigenvalue weighted by Gasteiger charge is 2.29. The Kier molecular flexibility index (Phi) is 4.40. The van der Waals surface area contributed by atoms with Crippen LogP contribution in [0.25, 0.3) is 0 Å². The van der Waals surface area contributed by atoms with Crippen molar-refractivity contribution >= 4 is 17.5 Å². The smallest absolute Gasteiger partial charge is 0.257 e. The summed E-state index contributed by atoms with van der Waals surface area (Å²) in [6, 6.07) is 1.85. The maximum atomic E-state index is 13.2. The lowest BCUT2D eigenvalue weighted by Crippen LogP contribution is -2.51. The van der Waals surface area contributed by atoms with Crippen molar-refractivity contribution in [3.63, 3.8) is 0 Å². The summed E-state index contributed by atoms with van der Waals surface area (Å²) < 4.78 is 13.2. The fourth-order valence-corrected chi connectivity index (χ4v) is 3.49. The molecule has 1 saturated carbocycles. The Morgan fingerprint density at radius 2 is 1.90 bits per heavy atom. The molecular weight excluding hydrogens is 293 g/mol. The van der Waals surface area contributed by atoms with Gasteiger partial charge in [0.25, 0.3) is 5.91 Å². The van der Waals surface area contributed by atoms with E-state index in [-0.39, 0.29) is 16.6 Å². The molecule has 21 heavy (non-hydrogen) atoms. The van der Waals surface area contributed by atoms with E-state index in [1.165, 1.54) is 31.7 Å². The largest absolute Gasteiger partial charge is 0.336 e. The minimum Gasteiger partial charge on any atom is -0.336 e. The summed E-state index contributed by atoms with van der Waals surface area (Å²) in [7, 11) is 0. The van der Waals surface area contributed by atoms with E-state index in [4.69, 9.17) is 11.6 Å². The van der Waals surface area contributed by atoms with Crippen LogP contribution in [0.15, 0.2) is 12.3 Å². The zero-order chi connectivity index (χ0) is 14.8. The second-order valence-electron chi connectivity index (χ2n) is 5.76. The van der Waals surface area contributed by atoms with Gasteiger partial charge in [-0.1, -0.05) is 24.4 Å². The summed E-state index contributed by atoms with van der Waals surface area (Å²) in [6.45, 7) is 3.11. The third-order valence-electron chi connectivity index (χ3n) is 4.48. The van der Waals surface area contributed by atoms with Crippen molar-refractivity contribution < 1.29 is 9.18 Å². The Morgan fingerprint density at radius 1 is 1.24 bits per heavy atom. The van der Waals surface area contributed by atoms with Crippen LogP contribution in [0.3, 0.4) is 0 Å². The summed E-state index contributed by atoms with van der Waals surface area (Å²) >= 11 is 5.91. The Morgan fingerprint density at radius 3 is 2.57 bits per heavy atom. The lowest BCUT2D eigenvalue weighted by molar-refractivity contribution is 0.0572. The van der Waals surface area contributed by atoms with Gasteiger partial charge in [0.05, 0.1) is 11.8 Å². The van der Waals surface area contributed by atoms with E-state index in [0.29, 0.717) is 19.1 Å². The maximum Gasteiger partial charge on any atom is 0.257 e. The molecule has 2 fully saturated rings. The monoisotopic (exact) mass is 311 g/mol. The van der Waals surface area contributed by atoms with Gasteiger partial charge in [-0.15, -0.1) is 0 Å². The number of hydrogen-bond acceptors (Lipinski definition) is 3. The highest BCUT2D eigenvalue weighted by molar-refractivity contribution is 6.32. The van der Waals surface area contributed by atoms with Gasteiger partial charge in [-0.2, -0.15) is 0 Å². The third-order valence-corrected chi connectivity index (χ3v) is 4.78. The highest BCUT2D eigenvalue weighted by Crippen LogP contribution is 2.25. The number of rotatable bonds is 2. The van der Waals surface area contributed by atoms with Crippen molar-refractivity contribution in [3.8, 4) is 0 Å². The lowest BCUT2D eigenvalue weighted by Gasteiger charge is -2.38. The zero-order valence-electron chi connectivity index (χ0n) is 11.9. The van der Waals surface area contributed by atoms with Gasteiger partial charge in [0.1, 0.15) is 11.0 Å². The normalized spacial score (nSPS) is 21.0. The quantitative estimate of drug-likeness (QED) is 0.788. The number of piperazine rings is 1. The molecule has 1 amide bonds. The molecule has 0 unspecified atom stereocenters. The first-order valence-electron chi connectivity index (χ1n) is 7.49. The molecule has 4 nitrogen and oxygen atoms in total. The van der Waals surface area contributed by atoms with Gasteiger partial charge in [0.15, 0.2) is 0 Å². The number of halogens is 2. The van der Waals surface area contributed by atoms with Crippen molar-refractivity contribution in [3.05, 3.63) is 28.8 Å². The number of amides is 1. The van der Waals surface area contributed by atoms with E-state index in [1.807, 2.05) is 0 Å². The van der Waals surface area contributed by atoms with E-state index < -0.39 is 5.82 Å².